The number of carbonyl (C=O) groups excluding carboxylic acids is 2. The highest BCUT2D eigenvalue weighted by Gasteiger charge is 2.28. The number of amides is 1. The molecule has 0 aromatic carbocycles. The molecule has 0 unspecified atom stereocenters. The van der Waals surface area contributed by atoms with Crippen molar-refractivity contribution in [2.75, 3.05) is 18.5 Å². The fourth-order valence-corrected chi connectivity index (χ4v) is 3.47. The van der Waals surface area contributed by atoms with Gasteiger partial charge in [-0.1, -0.05) is 5.16 Å². The van der Waals surface area contributed by atoms with Gasteiger partial charge >= 0.3 is 11.9 Å². The molecule has 23 heavy (non-hydrogen) atoms. The van der Waals surface area contributed by atoms with Crippen molar-refractivity contribution in [3.8, 4) is 11.5 Å². The van der Waals surface area contributed by atoms with E-state index in [0.29, 0.717) is 41.9 Å². The molecule has 0 bridgehead atoms. The molecule has 1 N–H and O–H groups in total. The minimum absolute atomic E-state index is 0.136. The molecule has 2 aromatic heterocycles. The van der Waals surface area contributed by atoms with Crippen LogP contribution in [-0.2, 0) is 32.1 Å². The number of aryl methyl sites for hydroxylation is 1. The minimum Gasteiger partial charge on any atom is -0.459 e. The smallest absolute Gasteiger partial charge is 0.397 e. The van der Waals surface area contributed by atoms with Gasteiger partial charge in [0, 0.05) is 4.88 Å². The van der Waals surface area contributed by atoms with E-state index < -0.39 is 11.9 Å². The maximum atomic E-state index is 11.9. The van der Waals surface area contributed by atoms with Crippen LogP contribution in [0.4, 0.5) is 5.00 Å². The molecule has 1 amide bonds. The van der Waals surface area contributed by atoms with Crippen LogP contribution in [0.25, 0.3) is 11.5 Å². The van der Waals surface area contributed by atoms with E-state index in [0.717, 1.165) is 10.4 Å². The molecular formula is C14H15N3O5S. The van der Waals surface area contributed by atoms with Crippen molar-refractivity contribution in [3.63, 3.8) is 0 Å². The first-order valence-electron chi connectivity index (χ1n) is 7.11. The Kier molecular flexibility index (Phi) is 4.39. The van der Waals surface area contributed by atoms with Crippen molar-refractivity contribution in [2.45, 2.75) is 26.9 Å². The van der Waals surface area contributed by atoms with Crippen molar-refractivity contribution in [1.82, 2.24) is 10.1 Å². The van der Waals surface area contributed by atoms with Crippen LogP contribution in [0.15, 0.2) is 4.52 Å². The van der Waals surface area contributed by atoms with Gasteiger partial charge in [-0.15, -0.1) is 11.3 Å². The summed E-state index contributed by atoms with van der Waals surface area (Å²) < 4.78 is 15.4. The lowest BCUT2D eigenvalue weighted by Gasteiger charge is -2.12. The SMILES string of the molecule is CCOC(=O)C(=O)Nc1sc2c(c1-c1nc(C)no1)CCOC2. The van der Waals surface area contributed by atoms with E-state index in [1.54, 1.807) is 13.8 Å². The molecule has 3 rings (SSSR count). The number of aromatic nitrogens is 2. The maximum absolute atomic E-state index is 11.9. The van der Waals surface area contributed by atoms with Gasteiger partial charge in [-0.3, -0.25) is 4.79 Å². The molecule has 0 aliphatic carbocycles. The van der Waals surface area contributed by atoms with Gasteiger partial charge in [0.2, 0.25) is 0 Å². The number of anilines is 1. The number of fused-ring (bicyclic) bond motifs is 1. The van der Waals surface area contributed by atoms with Crippen LogP contribution < -0.4 is 5.32 Å². The van der Waals surface area contributed by atoms with Gasteiger partial charge in [0.1, 0.15) is 5.00 Å². The summed E-state index contributed by atoms with van der Waals surface area (Å²) >= 11 is 1.34. The number of hydrogen-bond acceptors (Lipinski definition) is 8. The summed E-state index contributed by atoms with van der Waals surface area (Å²) in [7, 11) is 0. The minimum atomic E-state index is -0.928. The summed E-state index contributed by atoms with van der Waals surface area (Å²) in [6, 6.07) is 0. The third kappa shape index (κ3) is 3.10. The lowest BCUT2D eigenvalue weighted by Crippen LogP contribution is -2.24. The number of carbonyl (C=O) groups is 2. The Bertz CT molecular complexity index is 752. The molecule has 0 atom stereocenters. The second-order valence-electron chi connectivity index (χ2n) is 4.83. The van der Waals surface area contributed by atoms with Gasteiger partial charge in [0.15, 0.2) is 5.82 Å². The molecule has 0 spiro atoms. The van der Waals surface area contributed by atoms with Crippen LogP contribution in [-0.4, -0.2) is 35.2 Å². The Morgan fingerprint density at radius 2 is 2.26 bits per heavy atom. The molecule has 3 heterocycles. The maximum Gasteiger partial charge on any atom is 0.397 e. The number of ether oxygens (including phenoxy) is 2. The Morgan fingerprint density at radius 3 is 2.96 bits per heavy atom. The summed E-state index contributed by atoms with van der Waals surface area (Å²) in [5, 5.41) is 6.86. The summed E-state index contributed by atoms with van der Waals surface area (Å²) in [4.78, 5) is 28.7. The van der Waals surface area contributed by atoms with Crippen molar-refractivity contribution < 1.29 is 23.6 Å². The summed E-state index contributed by atoms with van der Waals surface area (Å²) in [5.74, 6) is -0.942. The first-order chi connectivity index (χ1) is 11.1. The molecule has 0 radical (unpaired) electrons. The third-order valence-electron chi connectivity index (χ3n) is 3.25. The monoisotopic (exact) mass is 337 g/mol. The molecule has 0 saturated heterocycles. The van der Waals surface area contributed by atoms with E-state index in [1.165, 1.54) is 11.3 Å². The van der Waals surface area contributed by atoms with Crippen molar-refractivity contribution in [3.05, 3.63) is 16.3 Å². The average Bonchev–Trinajstić information content (AvgIpc) is 3.10. The first-order valence-corrected chi connectivity index (χ1v) is 7.92. The molecule has 2 aromatic rings. The predicted octanol–water partition coefficient (Wildman–Crippen LogP) is 1.68. The first kappa shape index (κ1) is 15.6. The number of nitrogens with zero attached hydrogens (tertiary/aromatic N) is 2. The fraction of sp³-hybridized carbons (Fsp3) is 0.429. The highest BCUT2D eigenvalue weighted by atomic mass is 32.1. The number of nitrogens with one attached hydrogen (secondary N) is 1. The second kappa shape index (κ2) is 6.47. The lowest BCUT2D eigenvalue weighted by molar-refractivity contribution is -0.152. The highest BCUT2D eigenvalue weighted by molar-refractivity contribution is 7.17. The summed E-state index contributed by atoms with van der Waals surface area (Å²) in [6.07, 6.45) is 0.678. The van der Waals surface area contributed by atoms with Gasteiger partial charge in [-0.25, -0.2) is 4.79 Å². The van der Waals surface area contributed by atoms with E-state index in [9.17, 15) is 9.59 Å². The largest absolute Gasteiger partial charge is 0.459 e. The number of hydrogen-bond donors (Lipinski definition) is 1. The number of esters is 1. The third-order valence-corrected chi connectivity index (χ3v) is 4.37. The van der Waals surface area contributed by atoms with E-state index in [2.05, 4.69) is 15.5 Å². The van der Waals surface area contributed by atoms with Crippen molar-refractivity contribution in [2.24, 2.45) is 0 Å². The highest BCUT2D eigenvalue weighted by Crippen LogP contribution is 2.42. The standard InChI is InChI=1S/C14H15N3O5S/c1-3-21-14(19)11(18)16-13-10(12-15-7(2)17-22-12)8-4-5-20-6-9(8)23-13/h3-6H2,1-2H3,(H,16,18). The topological polar surface area (TPSA) is 104 Å². The van der Waals surface area contributed by atoms with Gasteiger partial charge in [0.05, 0.1) is 25.4 Å². The molecule has 9 heteroatoms. The Balaban J connectivity index is 1.97. The predicted molar refractivity (Wildman–Crippen MR) is 81.0 cm³/mol. The molecule has 122 valence electrons. The van der Waals surface area contributed by atoms with Crippen molar-refractivity contribution >= 4 is 28.2 Å². The van der Waals surface area contributed by atoms with Crippen LogP contribution >= 0.6 is 11.3 Å². The Morgan fingerprint density at radius 1 is 1.43 bits per heavy atom. The van der Waals surface area contributed by atoms with E-state index in [1.807, 2.05) is 0 Å². The Hall–Kier alpha value is -2.26. The quantitative estimate of drug-likeness (QED) is 0.671. The average molecular weight is 337 g/mol. The summed E-state index contributed by atoms with van der Waals surface area (Å²) in [6.45, 7) is 4.52. The van der Waals surface area contributed by atoms with Crippen LogP contribution in [0.3, 0.4) is 0 Å². The van der Waals surface area contributed by atoms with Crippen LogP contribution in [0.5, 0.6) is 0 Å². The zero-order valence-electron chi connectivity index (χ0n) is 12.7. The van der Waals surface area contributed by atoms with Crippen LogP contribution in [0.2, 0.25) is 0 Å². The molecule has 1 aliphatic heterocycles. The molecule has 1 aliphatic rings. The fourth-order valence-electron chi connectivity index (χ4n) is 2.30. The summed E-state index contributed by atoms with van der Waals surface area (Å²) in [5.41, 5.74) is 1.66. The zero-order valence-corrected chi connectivity index (χ0v) is 13.5. The van der Waals surface area contributed by atoms with Crippen LogP contribution in [0, 0.1) is 6.92 Å². The Labute approximate surface area is 135 Å². The number of rotatable bonds is 3. The van der Waals surface area contributed by atoms with E-state index in [-0.39, 0.29) is 6.61 Å². The molecule has 0 fully saturated rings. The van der Waals surface area contributed by atoms with Gasteiger partial charge in [-0.2, -0.15) is 4.98 Å². The number of thiophene rings is 1. The van der Waals surface area contributed by atoms with Gasteiger partial charge in [0.25, 0.3) is 5.89 Å². The molecule has 8 nitrogen and oxygen atoms in total. The van der Waals surface area contributed by atoms with Crippen LogP contribution in [0.1, 0.15) is 23.2 Å². The van der Waals surface area contributed by atoms with E-state index >= 15 is 0 Å². The van der Waals surface area contributed by atoms with Gasteiger partial charge < -0.3 is 19.3 Å². The second-order valence-corrected chi connectivity index (χ2v) is 5.94. The molecular weight excluding hydrogens is 322 g/mol. The van der Waals surface area contributed by atoms with Crippen molar-refractivity contribution in [1.29, 1.82) is 0 Å². The van der Waals surface area contributed by atoms with Gasteiger partial charge in [-0.05, 0) is 25.8 Å². The normalized spacial score (nSPS) is 13.5. The zero-order chi connectivity index (χ0) is 16.4. The lowest BCUT2D eigenvalue weighted by atomic mass is 10.1. The molecule has 0 saturated carbocycles. The van der Waals surface area contributed by atoms with E-state index in [4.69, 9.17) is 14.0 Å².